The van der Waals surface area contributed by atoms with Crippen LogP contribution in [-0.2, 0) is 4.79 Å². The fraction of sp³-hybridized carbons (Fsp3) is 0.280. The van der Waals surface area contributed by atoms with Crippen molar-refractivity contribution in [1.29, 1.82) is 0 Å². The smallest absolute Gasteiger partial charge is 0.254 e. The van der Waals surface area contributed by atoms with E-state index in [9.17, 15) is 9.59 Å². The summed E-state index contributed by atoms with van der Waals surface area (Å²) in [6, 6.07) is 19.0. The minimum atomic E-state index is -0.476. The molecule has 0 aliphatic carbocycles. The molecule has 2 aromatic carbocycles. The Labute approximate surface area is 181 Å². The van der Waals surface area contributed by atoms with E-state index in [2.05, 4.69) is 19.2 Å². The number of anilines is 1. The average molecular weight is 419 g/mol. The molecule has 0 saturated heterocycles. The molecule has 0 saturated carbocycles. The molecule has 2 heterocycles. The molecule has 0 unspecified atom stereocenters. The average Bonchev–Trinajstić information content (AvgIpc) is 3.25. The molecule has 1 aromatic heterocycles. The summed E-state index contributed by atoms with van der Waals surface area (Å²) in [6.45, 7) is 6.78. The summed E-state index contributed by atoms with van der Waals surface area (Å²) in [5.74, 6) is -0.272. The van der Waals surface area contributed by atoms with Gasteiger partial charge < -0.3 is 10.2 Å². The molecule has 0 fully saturated rings. The van der Waals surface area contributed by atoms with Crippen molar-refractivity contribution in [3.63, 3.8) is 0 Å². The Morgan fingerprint density at radius 2 is 1.80 bits per heavy atom. The Hall–Kier alpha value is -2.92. The van der Waals surface area contributed by atoms with Gasteiger partial charge in [-0.15, -0.1) is 11.3 Å². The highest BCUT2D eigenvalue weighted by Crippen LogP contribution is 2.45. The fourth-order valence-corrected chi connectivity index (χ4v) is 5.04. The van der Waals surface area contributed by atoms with Crippen molar-refractivity contribution < 1.29 is 9.59 Å². The van der Waals surface area contributed by atoms with E-state index in [-0.39, 0.29) is 17.9 Å². The largest absolute Gasteiger partial charge is 0.329 e. The zero-order valence-corrected chi connectivity index (χ0v) is 18.3. The monoisotopic (exact) mass is 418 g/mol. The van der Waals surface area contributed by atoms with E-state index >= 15 is 0 Å². The zero-order chi connectivity index (χ0) is 21.3. The van der Waals surface area contributed by atoms with Crippen LogP contribution in [-0.4, -0.2) is 23.3 Å². The summed E-state index contributed by atoms with van der Waals surface area (Å²) in [6.07, 6.45) is 0. The van der Waals surface area contributed by atoms with Gasteiger partial charge in [0.05, 0.1) is 12.0 Å². The Bertz CT molecular complexity index is 1060. The summed E-state index contributed by atoms with van der Waals surface area (Å²) in [4.78, 5) is 30.0. The molecule has 0 radical (unpaired) electrons. The maximum Gasteiger partial charge on any atom is 0.254 e. The first-order valence-electron chi connectivity index (χ1n) is 10.3. The lowest BCUT2D eigenvalue weighted by molar-refractivity contribution is -0.119. The first-order chi connectivity index (χ1) is 14.5. The standard InChI is InChI=1S/C25H26N2O2S/c1-16(2)15-27-23(21-13-8-14-30-21)22(18-10-5-6-11-19(18)25(27)29)24(28)26-20-12-7-4-9-17(20)3/h4-14,16,22-23H,15H2,1-3H3,(H,26,28)/t22-,23+/m1/s1. The highest BCUT2D eigenvalue weighted by atomic mass is 32.1. The summed E-state index contributed by atoms with van der Waals surface area (Å²) in [5, 5.41) is 5.13. The predicted molar refractivity (Wildman–Crippen MR) is 122 cm³/mol. The topological polar surface area (TPSA) is 49.4 Å². The van der Waals surface area contributed by atoms with Crippen LogP contribution in [0.15, 0.2) is 66.0 Å². The number of hydrogen-bond donors (Lipinski definition) is 1. The van der Waals surface area contributed by atoms with E-state index < -0.39 is 5.92 Å². The maximum absolute atomic E-state index is 13.7. The van der Waals surface area contributed by atoms with E-state index in [1.165, 1.54) is 0 Å². The zero-order valence-electron chi connectivity index (χ0n) is 17.5. The number of aryl methyl sites for hydroxylation is 1. The minimum Gasteiger partial charge on any atom is -0.329 e. The molecule has 4 rings (SSSR count). The van der Waals surface area contributed by atoms with E-state index in [4.69, 9.17) is 0 Å². The number of nitrogens with one attached hydrogen (secondary N) is 1. The van der Waals surface area contributed by atoms with Crippen LogP contribution in [0.2, 0.25) is 0 Å². The fourth-order valence-electron chi connectivity index (χ4n) is 4.17. The molecule has 4 nitrogen and oxygen atoms in total. The lowest BCUT2D eigenvalue weighted by Crippen LogP contribution is -2.47. The van der Waals surface area contributed by atoms with Crippen molar-refractivity contribution in [2.45, 2.75) is 32.7 Å². The second-order valence-corrected chi connectivity index (χ2v) is 9.16. The highest BCUT2D eigenvalue weighted by Gasteiger charge is 2.44. The number of carbonyl (C=O) groups excluding carboxylic acids is 2. The van der Waals surface area contributed by atoms with Crippen LogP contribution in [0, 0.1) is 12.8 Å². The van der Waals surface area contributed by atoms with Gasteiger partial charge in [-0.25, -0.2) is 0 Å². The van der Waals surface area contributed by atoms with Crippen LogP contribution < -0.4 is 5.32 Å². The molecule has 154 valence electrons. The molecule has 1 aliphatic rings. The van der Waals surface area contributed by atoms with Gasteiger partial charge in [-0.3, -0.25) is 9.59 Å². The lowest BCUT2D eigenvalue weighted by atomic mass is 9.81. The molecule has 3 aromatic rings. The number of fused-ring (bicyclic) bond motifs is 1. The Kier molecular flexibility index (Phi) is 5.73. The van der Waals surface area contributed by atoms with E-state index in [0.29, 0.717) is 18.0 Å². The molecular formula is C25H26N2O2S. The Balaban J connectivity index is 1.83. The quantitative estimate of drug-likeness (QED) is 0.584. The van der Waals surface area contributed by atoms with Gasteiger partial charge in [-0.2, -0.15) is 0 Å². The van der Waals surface area contributed by atoms with Crippen LogP contribution in [0.4, 0.5) is 5.69 Å². The third-order valence-electron chi connectivity index (χ3n) is 5.52. The SMILES string of the molecule is Cc1ccccc1NC(=O)[C@@H]1c2ccccc2C(=O)N(CC(C)C)[C@H]1c1cccs1. The molecule has 2 amide bonds. The van der Waals surface area contributed by atoms with Crippen LogP contribution >= 0.6 is 11.3 Å². The number of hydrogen-bond acceptors (Lipinski definition) is 3. The predicted octanol–water partition coefficient (Wildman–Crippen LogP) is 5.63. The molecule has 1 N–H and O–H groups in total. The number of carbonyl (C=O) groups is 2. The van der Waals surface area contributed by atoms with Gasteiger partial charge >= 0.3 is 0 Å². The van der Waals surface area contributed by atoms with Gasteiger partial charge in [-0.1, -0.05) is 56.3 Å². The van der Waals surface area contributed by atoms with Gasteiger partial charge in [0.2, 0.25) is 5.91 Å². The van der Waals surface area contributed by atoms with Gasteiger partial charge in [-0.05, 0) is 47.5 Å². The Morgan fingerprint density at radius 3 is 2.50 bits per heavy atom. The number of rotatable bonds is 5. The van der Waals surface area contributed by atoms with Crippen molar-refractivity contribution in [3.8, 4) is 0 Å². The van der Waals surface area contributed by atoms with Crippen molar-refractivity contribution in [3.05, 3.63) is 87.6 Å². The summed E-state index contributed by atoms with van der Waals surface area (Å²) in [7, 11) is 0. The molecule has 5 heteroatoms. The van der Waals surface area contributed by atoms with Crippen LogP contribution in [0.3, 0.4) is 0 Å². The number of thiophene rings is 1. The summed E-state index contributed by atoms with van der Waals surface area (Å²) < 4.78 is 0. The van der Waals surface area contributed by atoms with Crippen LogP contribution in [0.5, 0.6) is 0 Å². The van der Waals surface area contributed by atoms with E-state index in [0.717, 1.165) is 21.7 Å². The van der Waals surface area contributed by atoms with E-state index in [1.807, 2.05) is 77.9 Å². The molecular weight excluding hydrogens is 392 g/mol. The van der Waals surface area contributed by atoms with Crippen LogP contribution in [0.1, 0.15) is 52.2 Å². The number of nitrogens with zero attached hydrogens (tertiary/aromatic N) is 1. The van der Waals surface area contributed by atoms with Crippen molar-refractivity contribution in [1.82, 2.24) is 4.90 Å². The first-order valence-corrected chi connectivity index (χ1v) is 11.1. The molecule has 0 bridgehead atoms. The first kappa shape index (κ1) is 20.4. The lowest BCUT2D eigenvalue weighted by Gasteiger charge is -2.42. The van der Waals surface area contributed by atoms with Crippen molar-refractivity contribution >= 4 is 28.8 Å². The molecule has 1 aliphatic heterocycles. The third-order valence-corrected chi connectivity index (χ3v) is 6.46. The second-order valence-electron chi connectivity index (χ2n) is 8.18. The minimum absolute atomic E-state index is 0.00218. The van der Waals surface area contributed by atoms with Crippen molar-refractivity contribution in [2.24, 2.45) is 5.92 Å². The molecule has 2 atom stereocenters. The second kappa shape index (κ2) is 8.44. The molecule has 30 heavy (non-hydrogen) atoms. The van der Waals surface area contributed by atoms with Gasteiger partial charge in [0.1, 0.15) is 0 Å². The number of benzene rings is 2. The van der Waals surface area contributed by atoms with Gasteiger partial charge in [0.15, 0.2) is 0 Å². The van der Waals surface area contributed by atoms with Crippen LogP contribution in [0.25, 0.3) is 0 Å². The molecule has 0 spiro atoms. The highest BCUT2D eigenvalue weighted by molar-refractivity contribution is 7.10. The Morgan fingerprint density at radius 1 is 1.07 bits per heavy atom. The normalized spacial score (nSPS) is 18.4. The van der Waals surface area contributed by atoms with Gasteiger partial charge in [0, 0.05) is 22.7 Å². The van der Waals surface area contributed by atoms with Crippen molar-refractivity contribution in [2.75, 3.05) is 11.9 Å². The summed E-state index contributed by atoms with van der Waals surface area (Å²) in [5.41, 5.74) is 3.23. The van der Waals surface area contributed by atoms with E-state index in [1.54, 1.807) is 11.3 Å². The number of para-hydroxylation sites is 1. The summed E-state index contributed by atoms with van der Waals surface area (Å²) >= 11 is 1.59. The van der Waals surface area contributed by atoms with Gasteiger partial charge in [0.25, 0.3) is 5.91 Å². The number of amides is 2. The maximum atomic E-state index is 13.7. The third kappa shape index (κ3) is 3.77.